The maximum Gasteiger partial charge on any atom is 0.408 e. The summed E-state index contributed by atoms with van der Waals surface area (Å²) in [6.07, 6.45) is 0.0313. The lowest BCUT2D eigenvalue weighted by Gasteiger charge is -2.19. The first kappa shape index (κ1) is 14.3. The molecule has 1 aliphatic heterocycles. The van der Waals surface area contributed by atoms with E-state index in [0.29, 0.717) is 6.54 Å². The summed E-state index contributed by atoms with van der Waals surface area (Å²) in [5, 5.41) is 14.7. The van der Waals surface area contributed by atoms with Crippen LogP contribution >= 0.6 is 0 Å². The number of carboxylic acid groups (broad SMARTS) is 1. The van der Waals surface area contributed by atoms with Crippen LogP contribution in [0.5, 0.6) is 0 Å². The Morgan fingerprint density at radius 2 is 2.15 bits per heavy atom. The minimum Gasteiger partial charge on any atom is -0.480 e. The molecular formula is C14H18N2O4. The van der Waals surface area contributed by atoms with Gasteiger partial charge in [-0.1, -0.05) is 30.3 Å². The molecule has 0 bridgehead atoms. The van der Waals surface area contributed by atoms with Gasteiger partial charge in [0.2, 0.25) is 0 Å². The van der Waals surface area contributed by atoms with E-state index in [1.165, 1.54) is 0 Å². The van der Waals surface area contributed by atoms with Crippen LogP contribution in [0.2, 0.25) is 0 Å². The van der Waals surface area contributed by atoms with Crippen molar-refractivity contribution < 1.29 is 19.4 Å². The third-order valence-electron chi connectivity index (χ3n) is 3.32. The summed E-state index contributed by atoms with van der Waals surface area (Å²) < 4.78 is 5.03. The summed E-state index contributed by atoms with van der Waals surface area (Å²) in [7, 11) is 0. The van der Waals surface area contributed by atoms with Gasteiger partial charge >= 0.3 is 12.1 Å². The van der Waals surface area contributed by atoms with Gasteiger partial charge in [-0.25, -0.2) is 9.59 Å². The summed E-state index contributed by atoms with van der Waals surface area (Å²) in [5.74, 6) is -1.13. The highest BCUT2D eigenvalue weighted by Crippen LogP contribution is 2.13. The lowest BCUT2D eigenvalue weighted by atomic mass is 9.99. The molecule has 6 heteroatoms. The van der Waals surface area contributed by atoms with Gasteiger partial charge in [0, 0.05) is 12.5 Å². The van der Waals surface area contributed by atoms with E-state index in [-0.39, 0.29) is 12.5 Å². The molecule has 108 valence electrons. The summed E-state index contributed by atoms with van der Waals surface area (Å²) in [6, 6.07) is 8.33. The monoisotopic (exact) mass is 278 g/mol. The van der Waals surface area contributed by atoms with Crippen molar-refractivity contribution >= 4 is 12.1 Å². The van der Waals surface area contributed by atoms with E-state index in [4.69, 9.17) is 9.84 Å². The number of carbonyl (C=O) groups excluding carboxylic acids is 1. The summed E-state index contributed by atoms with van der Waals surface area (Å²) in [5.41, 5.74) is 0.858. The van der Waals surface area contributed by atoms with Crippen molar-refractivity contribution in [3.63, 3.8) is 0 Å². The number of ether oxygens (including phenoxy) is 1. The molecule has 2 rings (SSSR count). The molecule has 20 heavy (non-hydrogen) atoms. The summed E-state index contributed by atoms with van der Waals surface area (Å²) >= 11 is 0. The third-order valence-corrected chi connectivity index (χ3v) is 3.32. The van der Waals surface area contributed by atoms with Gasteiger partial charge in [-0.05, 0) is 18.5 Å². The number of nitrogens with one attached hydrogen (secondary N) is 2. The van der Waals surface area contributed by atoms with Crippen LogP contribution in [0.3, 0.4) is 0 Å². The number of alkyl carbamates (subject to hydrolysis) is 1. The normalized spacial score (nSPS) is 19.3. The third kappa shape index (κ3) is 3.96. The molecule has 6 nitrogen and oxygen atoms in total. The molecule has 1 aromatic rings. The van der Waals surface area contributed by atoms with E-state index < -0.39 is 18.1 Å². The van der Waals surface area contributed by atoms with Crippen LogP contribution in [0.15, 0.2) is 30.3 Å². The van der Waals surface area contributed by atoms with Gasteiger partial charge in [-0.15, -0.1) is 0 Å². The molecule has 1 amide bonds. The Morgan fingerprint density at radius 3 is 2.75 bits per heavy atom. The van der Waals surface area contributed by atoms with E-state index in [0.717, 1.165) is 18.5 Å². The predicted molar refractivity (Wildman–Crippen MR) is 72.2 cm³/mol. The summed E-state index contributed by atoms with van der Waals surface area (Å²) in [6.45, 7) is 1.49. The second kappa shape index (κ2) is 6.91. The maximum absolute atomic E-state index is 11.7. The average Bonchev–Trinajstić information content (AvgIpc) is 2.97. The lowest BCUT2D eigenvalue weighted by Crippen LogP contribution is -2.46. The standard InChI is InChI=1S/C14H18N2O4/c17-13(18)12(11-6-7-15-8-11)16-14(19)20-9-10-4-2-1-3-5-10/h1-5,11-12,15H,6-9H2,(H,16,19)(H,17,18)/t11-,12+/m0/s1. The second-order valence-electron chi connectivity index (χ2n) is 4.77. The molecule has 1 aromatic carbocycles. The number of carboxylic acids is 1. The smallest absolute Gasteiger partial charge is 0.408 e. The van der Waals surface area contributed by atoms with Crippen LogP contribution in [0.4, 0.5) is 4.79 Å². The van der Waals surface area contributed by atoms with Gasteiger partial charge in [-0.2, -0.15) is 0 Å². The second-order valence-corrected chi connectivity index (χ2v) is 4.77. The number of hydrogen-bond acceptors (Lipinski definition) is 4. The largest absolute Gasteiger partial charge is 0.480 e. The van der Waals surface area contributed by atoms with Crippen molar-refractivity contribution in [3.05, 3.63) is 35.9 Å². The highest BCUT2D eigenvalue weighted by Gasteiger charge is 2.32. The molecule has 2 atom stereocenters. The number of hydrogen-bond donors (Lipinski definition) is 3. The van der Waals surface area contributed by atoms with E-state index in [9.17, 15) is 9.59 Å². The molecule has 1 heterocycles. The van der Waals surface area contributed by atoms with Crippen LogP contribution in [0.25, 0.3) is 0 Å². The van der Waals surface area contributed by atoms with Crippen molar-refractivity contribution in [1.82, 2.24) is 10.6 Å². The zero-order chi connectivity index (χ0) is 14.4. The predicted octanol–water partition coefficient (Wildman–Crippen LogP) is 0.975. The van der Waals surface area contributed by atoms with Crippen LogP contribution in [0, 0.1) is 5.92 Å². The number of amides is 1. The van der Waals surface area contributed by atoms with E-state index in [1.54, 1.807) is 0 Å². The van der Waals surface area contributed by atoms with E-state index in [1.807, 2.05) is 30.3 Å². The van der Waals surface area contributed by atoms with Gasteiger partial charge in [0.05, 0.1) is 0 Å². The van der Waals surface area contributed by atoms with Gasteiger partial charge in [0.25, 0.3) is 0 Å². The van der Waals surface area contributed by atoms with E-state index in [2.05, 4.69) is 10.6 Å². The minimum atomic E-state index is -1.03. The molecule has 1 aliphatic rings. The molecule has 0 spiro atoms. The number of rotatable bonds is 5. The quantitative estimate of drug-likeness (QED) is 0.747. The van der Waals surface area contributed by atoms with E-state index >= 15 is 0 Å². The highest BCUT2D eigenvalue weighted by atomic mass is 16.5. The van der Waals surface area contributed by atoms with Crippen LogP contribution < -0.4 is 10.6 Å². The van der Waals surface area contributed by atoms with Crippen LogP contribution in [-0.4, -0.2) is 36.3 Å². The highest BCUT2D eigenvalue weighted by molar-refractivity contribution is 5.80. The Morgan fingerprint density at radius 1 is 1.40 bits per heavy atom. The SMILES string of the molecule is O=C(N[C@@H](C(=O)O)[C@H]1CCNC1)OCc1ccccc1. The Labute approximate surface area is 117 Å². The first-order valence-electron chi connectivity index (χ1n) is 6.57. The van der Waals surface area contributed by atoms with Gasteiger partial charge < -0.3 is 20.5 Å². The number of carbonyl (C=O) groups is 2. The molecule has 0 aliphatic carbocycles. The maximum atomic E-state index is 11.7. The van der Waals surface area contributed by atoms with Gasteiger partial charge in [0.1, 0.15) is 12.6 Å². The molecule has 0 saturated carbocycles. The zero-order valence-electron chi connectivity index (χ0n) is 11.0. The van der Waals surface area contributed by atoms with Crippen molar-refractivity contribution in [3.8, 4) is 0 Å². The molecule has 0 unspecified atom stereocenters. The van der Waals surface area contributed by atoms with Crippen molar-refractivity contribution in [2.24, 2.45) is 5.92 Å². The average molecular weight is 278 g/mol. The number of benzene rings is 1. The Kier molecular flexibility index (Phi) is 4.95. The Balaban J connectivity index is 1.84. The first-order chi connectivity index (χ1) is 9.66. The number of aliphatic carboxylic acids is 1. The van der Waals surface area contributed by atoms with Crippen molar-refractivity contribution in [1.29, 1.82) is 0 Å². The van der Waals surface area contributed by atoms with Crippen LogP contribution in [0.1, 0.15) is 12.0 Å². The summed E-state index contributed by atoms with van der Waals surface area (Å²) in [4.78, 5) is 22.9. The fourth-order valence-electron chi connectivity index (χ4n) is 2.23. The molecule has 3 N–H and O–H groups in total. The molecular weight excluding hydrogens is 260 g/mol. The minimum absolute atomic E-state index is 0.100. The first-order valence-corrected chi connectivity index (χ1v) is 6.57. The van der Waals surface area contributed by atoms with Crippen LogP contribution in [-0.2, 0) is 16.1 Å². The Bertz CT molecular complexity index is 458. The molecule has 0 radical (unpaired) electrons. The lowest BCUT2D eigenvalue weighted by molar-refractivity contribution is -0.140. The molecule has 0 aromatic heterocycles. The fraction of sp³-hybridized carbons (Fsp3) is 0.429. The molecule has 1 fully saturated rings. The topological polar surface area (TPSA) is 87.7 Å². The van der Waals surface area contributed by atoms with Gasteiger partial charge in [-0.3, -0.25) is 0 Å². The van der Waals surface area contributed by atoms with Crippen molar-refractivity contribution in [2.75, 3.05) is 13.1 Å². The fourth-order valence-corrected chi connectivity index (χ4v) is 2.23. The molecule has 1 saturated heterocycles. The zero-order valence-corrected chi connectivity index (χ0v) is 11.0. The Hall–Kier alpha value is -2.08. The van der Waals surface area contributed by atoms with Crippen molar-refractivity contribution in [2.45, 2.75) is 19.1 Å². The van der Waals surface area contributed by atoms with Gasteiger partial charge in [0.15, 0.2) is 0 Å².